The van der Waals surface area contributed by atoms with Crippen LogP contribution < -0.4 is 10.6 Å². The van der Waals surface area contributed by atoms with Gasteiger partial charge < -0.3 is 10.6 Å². The van der Waals surface area contributed by atoms with Crippen molar-refractivity contribution in [2.24, 2.45) is 0 Å². The Morgan fingerprint density at radius 3 is 2.39 bits per heavy atom. The van der Waals surface area contributed by atoms with E-state index in [-0.39, 0.29) is 0 Å². The van der Waals surface area contributed by atoms with Crippen LogP contribution in [0.5, 0.6) is 0 Å². The van der Waals surface area contributed by atoms with Crippen LogP contribution in [0.25, 0.3) is 0 Å². The number of hydrogen-bond acceptors (Lipinski definition) is 5. The summed E-state index contributed by atoms with van der Waals surface area (Å²) in [4.78, 5) is 8.69. The molecule has 0 aliphatic heterocycles. The lowest BCUT2D eigenvalue weighted by molar-refractivity contribution is 0.977. The molecule has 0 amide bonds. The number of nitrogens with zero attached hydrogens (tertiary/aromatic N) is 2. The predicted molar refractivity (Wildman–Crippen MR) is 78.1 cm³/mol. The molecule has 0 saturated carbocycles. The summed E-state index contributed by atoms with van der Waals surface area (Å²) in [5.41, 5.74) is 0.937. The van der Waals surface area contributed by atoms with Crippen molar-refractivity contribution < 1.29 is 0 Å². The maximum atomic E-state index is 5.84. The summed E-state index contributed by atoms with van der Waals surface area (Å²) < 4.78 is 0. The van der Waals surface area contributed by atoms with Crippen LogP contribution >= 0.6 is 23.4 Å². The van der Waals surface area contributed by atoms with Crippen LogP contribution in [0.15, 0.2) is 35.5 Å². The third-order valence-corrected chi connectivity index (χ3v) is 3.06. The first kappa shape index (κ1) is 13.0. The van der Waals surface area contributed by atoms with Crippen LogP contribution in [0.1, 0.15) is 0 Å². The molecule has 0 unspecified atom stereocenters. The van der Waals surface area contributed by atoms with Gasteiger partial charge in [0.05, 0.1) is 0 Å². The second-order valence-corrected chi connectivity index (χ2v) is 4.72. The first-order valence-corrected chi connectivity index (χ1v) is 6.95. The number of benzene rings is 1. The normalized spacial score (nSPS) is 10.2. The molecule has 0 atom stereocenters. The van der Waals surface area contributed by atoms with Gasteiger partial charge in [0.1, 0.15) is 11.6 Å². The van der Waals surface area contributed by atoms with Gasteiger partial charge in [-0.1, -0.05) is 23.4 Å². The third-order valence-electron chi connectivity index (χ3n) is 2.26. The van der Waals surface area contributed by atoms with E-state index in [9.17, 15) is 0 Å². The molecule has 0 aliphatic carbocycles. The molecule has 0 spiro atoms. The summed E-state index contributed by atoms with van der Waals surface area (Å²) in [5, 5.41) is 7.66. The summed E-state index contributed by atoms with van der Waals surface area (Å²) in [5.74, 6) is 1.53. The van der Waals surface area contributed by atoms with Gasteiger partial charge in [0, 0.05) is 23.8 Å². The fourth-order valence-corrected chi connectivity index (χ4v) is 1.89. The lowest BCUT2D eigenvalue weighted by Gasteiger charge is -2.08. The molecule has 0 radical (unpaired) electrons. The zero-order chi connectivity index (χ0) is 13.0. The second kappa shape index (κ2) is 5.93. The topological polar surface area (TPSA) is 49.8 Å². The first-order valence-electron chi connectivity index (χ1n) is 5.34. The van der Waals surface area contributed by atoms with Crippen LogP contribution in [0.2, 0.25) is 5.02 Å². The fraction of sp³-hybridized carbons (Fsp3) is 0.167. The second-order valence-electron chi connectivity index (χ2n) is 3.51. The van der Waals surface area contributed by atoms with E-state index in [1.807, 2.05) is 43.6 Å². The molecule has 0 saturated heterocycles. The SMILES string of the molecule is CNc1cc(Nc2ccc(Cl)cc2)nc(SC)n1. The zero-order valence-corrected chi connectivity index (χ0v) is 11.6. The highest BCUT2D eigenvalue weighted by Gasteiger charge is 2.03. The van der Waals surface area contributed by atoms with Crippen molar-refractivity contribution in [2.45, 2.75) is 5.16 Å². The quantitative estimate of drug-likeness (QED) is 0.661. The molecule has 6 heteroatoms. The van der Waals surface area contributed by atoms with Gasteiger partial charge >= 0.3 is 0 Å². The number of anilines is 3. The van der Waals surface area contributed by atoms with E-state index in [4.69, 9.17) is 11.6 Å². The van der Waals surface area contributed by atoms with Crippen LogP contribution in [0.4, 0.5) is 17.3 Å². The van der Waals surface area contributed by atoms with E-state index in [2.05, 4.69) is 20.6 Å². The molecule has 2 aromatic rings. The van der Waals surface area contributed by atoms with Gasteiger partial charge in [0.2, 0.25) is 0 Å². The summed E-state index contributed by atoms with van der Waals surface area (Å²) in [6, 6.07) is 9.33. The van der Waals surface area contributed by atoms with Crippen LogP contribution in [-0.2, 0) is 0 Å². The van der Waals surface area contributed by atoms with Crippen molar-refractivity contribution in [2.75, 3.05) is 23.9 Å². The minimum absolute atomic E-state index is 0.712. The summed E-state index contributed by atoms with van der Waals surface area (Å²) >= 11 is 7.35. The Balaban J connectivity index is 2.25. The minimum atomic E-state index is 0.712. The van der Waals surface area contributed by atoms with Crippen molar-refractivity contribution in [1.82, 2.24) is 9.97 Å². The van der Waals surface area contributed by atoms with Gasteiger partial charge in [-0.25, -0.2) is 9.97 Å². The Morgan fingerprint density at radius 1 is 1.11 bits per heavy atom. The lowest BCUT2D eigenvalue weighted by atomic mass is 10.3. The third kappa shape index (κ3) is 3.27. The molecule has 2 rings (SSSR count). The van der Waals surface area contributed by atoms with Crippen LogP contribution in [0, 0.1) is 0 Å². The number of hydrogen-bond donors (Lipinski definition) is 2. The average molecular weight is 281 g/mol. The highest BCUT2D eigenvalue weighted by atomic mass is 35.5. The van der Waals surface area contributed by atoms with Gasteiger partial charge in [-0.15, -0.1) is 0 Å². The van der Waals surface area contributed by atoms with Crippen molar-refractivity contribution in [3.63, 3.8) is 0 Å². The highest BCUT2D eigenvalue weighted by molar-refractivity contribution is 7.98. The summed E-state index contributed by atoms with van der Waals surface area (Å²) in [6.45, 7) is 0. The maximum Gasteiger partial charge on any atom is 0.191 e. The van der Waals surface area contributed by atoms with E-state index in [1.165, 1.54) is 11.8 Å². The molecule has 0 fully saturated rings. The van der Waals surface area contributed by atoms with E-state index in [1.54, 1.807) is 0 Å². The van der Waals surface area contributed by atoms with Gasteiger partial charge in [-0.2, -0.15) is 0 Å². The lowest BCUT2D eigenvalue weighted by Crippen LogP contribution is -2.00. The highest BCUT2D eigenvalue weighted by Crippen LogP contribution is 2.21. The van der Waals surface area contributed by atoms with E-state index < -0.39 is 0 Å². The van der Waals surface area contributed by atoms with Gasteiger partial charge in [-0.3, -0.25) is 0 Å². The number of rotatable bonds is 4. The predicted octanol–water partition coefficient (Wildman–Crippen LogP) is 3.64. The fourth-order valence-electron chi connectivity index (χ4n) is 1.39. The minimum Gasteiger partial charge on any atom is -0.373 e. The Bertz CT molecular complexity index is 508. The van der Waals surface area contributed by atoms with Crippen LogP contribution in [0.3, 0.4) is 0 Å². The number of halogens is 1. The summed E-state index contributed by atoms with van der Waals surface area (Å²) in [6.07, 6.45) is 1.95. The molecule has 4 nitrogen and oxygen atoms in total. The molecule has 1 aromatic heterocycles. The number of nitrogens with one attached hydrogen (secondary N) is 2. The monoisotopic (exact) mass is 280 g/mol. The Hall–Kier alpha value is -1.46. The van der Waals surface area contributed by atoms with Crippen molar-refractivity contribution in [3.05, 3.63) is 35.4 Å². The number of thioether (sulfide) groups is 1. The molecule has 1 aromatic carbocycles. The maximum absolute atomic E-state index is 5.84. The standard InChI is InChI=1S/C12H13ClN4S/c1-14-10-7-11(17-12(16-10)18-2)15-9-5-3-8(13)4-6-9/h3-7H,1-2H3,(H2,14,15,16,17). The van der Waals surface area contributed by atoms with Gasteiger partial charge in [-0.05, 0) is 30.5 Å². The molecule has 1 heterocycles. The van der Waals surface area contributed by atoms with Crippen molar-refractivity contribution in [3.8, 4) is 0 Å². The van der Waals surface area contributed by atoms with Crippen LogP contribution in [-0.4, -0.2) is 23.3 Å². The molecule has 94 valence electrons. The Morgan fingerprint density at radius 2 is 1.78 bits per heavy atom. The Labute approximate surface area is 115 Å². The van der Waals surface area contributed by atoms with Crippen molar-refractivity contribution in [1.29, 1.82) is 0 Å². The molecule has 18 heavy (non-hydrogen) atoms. The largest absolute Gasteiger partial charge is 0.373 e. The summed E-state index contributed by atoms with van der Waals surface area (Å²) in [7, 11) is 1.83. The van der Waals surface area contributed by atoms with Gasteiger partial charge in [0.15, 0.2) is 5.16 Å². The van der Waals surface area contributed by atoms with E-state index in [0.717, 1.165) is 22.5 Å². The number of aromatic nitrogens is 2. The zero-order valence-electron chi connectivity index (χ0n) is 10.1. The molecular formula is C12H13ClN4S. The van der Waals surface area contributed by atoms with Crippen molar-refractivity contribution >= 4 is 40.7 Å². The first-order chi connectivity index (χ1) is 8.71. The van der Waals surface area contributed by atoms with E-state index in [0.29, 0.717) is 5.02 Å². The molecule has 0 aliphatic rings. The molecular weight excluding hydrogens is 268 g/mol. The Kier molecular flexibility index (Phi) is 4.28. The average Bonchev–Trinajstić information content (AvgIpc) is 2.41. The smallest absolute Gasteiger partial charge is 0.191 e. The van der Waals surface area contributed by atoms with Gasteiger partial charge in [0.25, 0.3) is 0 Å². The van der Waals surface area contributed by atoms with E-state index >= 15 is 0 Å². The molecule has 2 N–H and O–H groups in total. The molecule has 0 bridgehead atoms.